The first-order valence-corrected chi connectivity index (χ1v) is 17.2. The molecule has 0 amide bonds. The molecule has 2 nitrogen and oxygen atoms in total. The zero-order valence-corrected chi connectivity index (χ0v) is 24.2. The van der Waals surface area contributed by atoms with E-state index in [-0.39, 0.29) is 0 Å². The van der Waals surface area contributed by atoms with E-state index in [1.165, 1.54) is 33.5 Å². The van der Waals surface area contributed by atoms with Gasteiger partial charge in [-0.25, -0.2) is 0 Å². The SMILES string of the molecule is [CH+]=O.[Cl][RuH].c1ccc([PH+](CCNCC[PH+](c2ccccc2)c2ccccc2)c2ccccc2)cc1. The minimum absolute atomic E-state index is 0.758. The summed E-state index contributed by atoms with van der Waals surface area (Å²) in [6, 6.07) is 44.2. The molecular formula is C29H33ClNOP2Ru+3. The summed E-state index contributed by atoms with van der Waals surface area (Å²) in [7, 11) is 3.09. The fourth-order valence-electron chi connectivity index (χ4n) is 4.02. The zero-order valence-electron chi connectivity index (χ0n) is 19.6. The molecule has 4 aromatic carbocycles. The van der Waals surface area contributed by atoms with Crippen LogP contribution >= 0.6 is 25.5 Å². The molecule has 0 aliphatic carbocycles. The van der Waals surface area contributed by atoms with E-state index in [1.54, 1.807) is 17.3 Å². The zero-order chi connectivity index (χ0) is 25.1. The maximum atomic E-state index is 7.75. The Bertz CT molecular complexity index is 879. The Hall–Kier alpha value is -1.81. The molecular weight excluding hydrogens is 577 g/mol. The molecule has 4 rings (SSSR count). The molecule has 0 spiro atoms. The Morgan fingerprint density at radius 1 is 0.514 bits per heavy atom. The van der Waals surface area contributed by atoms with E-state index < -0.39 is 15.8 Å². The van der Waals surface area contributed by atoms with E-state index in [1.807, 2.05) is 0 Å². The average molecular weight is 610 g/mol. The van der Waals surface area contributed by atoms with Gasteiger partial charge in [-0.3, -0.25) is 0 Å². The molecule has 1 N–H and O–H groups in total. The van der Waals surface area contributed by atoms with E-state index >= 15 is 0 Å². The van der Waals surface area contributed by atoms with Gasteiger partial charge in [-0.1, -0.05) is 72.8 Å². The van der Waals surface area contributed by atoms with E-state index in [0.29, 0.717) is 0 Å². The first-order chi connectivity index (χ1) is 17.4. The normalized spacial score (nSPS) is 10.2. The predicted molar refractivity (Wildman–Crippen MR) is 158 cm³/mol. The first-order valence-electron chi connectivity index (χ1n) is 11.4. The smallest absolute Gasteiger partial charge is 0.0967 e. The van der Waals surface area contributed by atoms with Crippen LogP contribution in [0.4, 0.5) is 0 Å². The summed E-state index contributed by atoms with van der Waals surface area (Å²) < 4.78 is 0. The third-order valence-electron chi connectivity index (χ3n) is 5.59. The van der Waals surface area contributed by atoms with Crippen molar-refractivity contribution in [1.82, 2.24) is 5.32 Å². The van der Waals surface area contributed by atoms with Gasteiger partial charge in [0, 0.05) is 17.9 Å². The van der Waals surface area contributed by atoms with Gasteiger partial charge in [0.2, 0.25) is 0 Å². The molecule has 0 heterocycles. The van der Waals surface area contributed by atoms with Crippen LogP contribution in [0.25, 0.3) is 0 Å². The van der Waals surface area contributed by atoms with Crippen molar-refractivity contribution >= 4 is 53.5 Å². The molecule has 0 aliphatic heterocycles. The summed E-state index contributed by atoms with van der Waals surface area (Å²) in [5.74, 6) is 0. The van der Waals surface area contributed by atoms with Gasteiger partial charge in [0.1, 0.15) is 0 Å². The molecule has 6 heteroatoms. The molecule has 0 fully saturated rings. The summed E-state index contributed by atoms with van der Waals surface area (Å²) in [4.78, 5) is 7.75. The number of hydrogen-bond acceptors (Lipinski definition) is 2. The van der Waals surface area contributed by atoms with Gasteiger partial charge < -0.3 is 5.32 Å². The molecule has 0 unspecified atom stereocenters. The molecule has 0 bridgehead atoms. The summed E-state index contributed by atoms with van der Waals surface area (Å²) in [5, 5.41) is 9.77. The molecule has 0 aliphatic rings. The van der Waals surface area contributed by atoms with Crippen LogP contribution in [0, 0.1) is 0 Å². The van der Waals surface area contributed by atoms with Gasteiger partial charge >= 0.3 is 33.8 Å². The van der Waals surface area contributed by atoms with Gasteiger partial charge in [-0.15, -0.1) is 0 Å². The Morgan fingerprint density at radius 3 is 0.971 bits per heavy atom. The van der Waals surface area contributed by atoms with Crippen LogP contribution in [0.2, 0.25) is 0 Å². The second-order valence-electron chi connectivity index (χ2n) is 7.67. The van der Waals surface area contributed by atoms with Gasteiger partial charge in [0.25, 0.3) is 0 Å². The summed E-state index contributed by atoms with van der Waals surface area (Å²) in [5.41, 5.74) is 0. The molecule has 182 valence electrons. The number of benzene rings is 4. The van der Waals surface area contributed by atoms with Crippen LogP contribution in [0.1, 0.15) is 0 Å². The van der Waals surface area contributed by atoms with Crippen molar-refractivity contribution in [2.45, 2.75) is 0 Å². The topological polar surface area (TPSA) is 29.1 Å². The fourth-order valence-corrected chi connectivity index (χ4v) is 9.07. The molecule has 0 aromatic heterocycles. The predicted octanol–water partition coefficient (Wildman–Crippen LogP) is 4.45. The molecule has 0 saturated heterocycles. The van der Waals surface area contributed by atoms with Crippen molar-refractivity contribution in [3.05, 3.63) is 121 Å². The second-order valence-corrected chi connectivity index (χ2v) is 12.9. The van der Waals surface area contributed by atoms with E-state index in [9.17, 15) is 0 Å². The van der Waals surface area contributed by atoms with Gasteiger partial charge in [-0.2, -0.15) is 0 Å². The number of halogens is 1. The third-order valence-corrected chi connectivity index (χ3v) is 11.2. The van der Waals surface area contributed by atoms with Crippen LogP contribution in [0.5, 0.6) is 0 Å². The minimum atomic E-state index is -0.758. The monoisotopic (exact) mass is 610 g/mol. The number of nitrogens with one attached hydrogen (secondary N) is 1. The van der Waals surface area contributed by atoms with Crippen LogP contribution in [-0.2, 0) is 22.1 Å². The van der Waals surface area contributed by atoms with Crippen molar-refractivity contribution < 1.29 is 22.1 Å². The summed E-state index contributed by atoms with van der Waals surface area (Å²) in [6.45, 7) is 5.38. The molecule has 0 radical (unpaired) electrons. The van der Waals surface area contributed by atoms with Crippen LogP contribution in [0.3, 0.4) is 0 Å². The van der Waals surface area contributed by atoms with Crippen molar-refractivity contribution in [3.63, 3.8) is 0 Å². The maximum absolute atomic E-state index is 7.75. The number of carbonyl (C=O) groups excluding carboxylic acids is 1. The number of rotatable bonds is 10. The Kier molecular flexibility index (Phi) is 15.5. The van der Waals surface area contributed by atoms with Crippen LogP contribution < -0.4 is 26.5 Å². The molecule has 4 aromatic rings. The largest absolute Gasteiger partial charge is 0.310 e. The Balaban J connectivity index is 0.00000103. The van der Waals surface area contributed by atoms with Crippen molar-refractivity contribution in [2.75, 3.05) is 25.4 Å². The van der Waals surface area contributed by atoms with Crippen molar-refractivity contribution in [3.8, 4) is 0 Å². The minimum Gasteiger partial charge on any atom is -0.310 e. The molecule has 0 saturated carbocycles. The molecule has 35 heavy (non-hydrogen) atoms. The summed E-state index contributed by atoms with van der Waals surface area (Å²) in [6.07, 6.45) is 2.41. The Morgan fingerprint density at radius 2 is 0.743 bits per heavy atom. The van der Waals surface area contributed by atoms with Crippen LogP contribution in [-0.4, -0.2) is 32.2 Å². The maximum Gasteiger partial charge on any atom is 0.0967 e. The van der Waals surface area contributed by atoms with E-state index in [4.69, 9.17) is 4.79 Å². The standard InChI is InChI=1S/C28H29NP2.CHO.ClH.Ru.H/c1-5-13-25(14-6-1)30(26-15-7-2-8-16-26)23-21-29-22-24-31(27-17-9-3-10-18-27)28-19-11-4-12-20-28;1-2;;;/h1-20,29H,21-24H2;1H;1H;;/q;+1;;+1;/p+1. The van der Waals surface area contributed by atoms with Crippen molar-refractivity contribution in [2.24, 2.45) is 0 Å². The second kappa shape index (κ2) is 18.5. The van der Waals surface area contributed by atoms with Crippen molar-refractivity contribution in [1.29, 1.82) is 0 Å². The van der Waals surface area contributed by atoms with E-state index in [2.05, 4.69) is 143 Å². The van der Waals surface area contributed by atoms with Gasteiger partial charge in [-0.05, 0) is 48.5 Å². The molecule has 0 atom stereocenters. The quantitative estimate of drug-likeness (QED) is 0.0947. The first kappa shape index (κ1) is 29.4. The van der Waals surface area contributed by atoms with Gasteiger partial charge in [0.15, 0.2) is 0 Å². The van der Waals surface area contributed by atoms with Crippen LogP contribution in [0.15, 0.2) is 121 Å². The number of hydrogen-bond donors (Lipinski definition) is 1. The Labute approximate surface area is 226 Å². The third kappa shape index (κ3) is 9.99. The van der Waals surface area contributed by atoms with E-state index in [0.717, 1.165) is 13.1 Å². The average Bonchev–Trinajstić information content (AvgIpc) is 2.97. The summed E-state index contributed by atoms with van der Waals surface area (Å²) >= 11 is 1.62. The van der Waals surface area contributed by atoms with Gasteiger partial charge in [0.05, 0.1) is 49.4 Å². The fraction of sp³-hybridized carbons (Fsp3) is 0.138.